The average molecular weight is 303 g/mol. The van der Waals surface area contributed by atoms with Crippen LogP contribution in [0.1, 0.15) is 24.2 Å². The highest BCUT2D eigenvalue weighted by Gasteiger charge is 2.18. The number of benzene rings is 2. The van der Waals surface area contributed by atoms with Crippen LogP contribution in [0.3, 0.4) is 0 Å². The van der Waals surface area contributed by atoms with E-state index in [4.69, 9.17) is 0 Å². The molecule has 0 atom stereocenters. The van der Waals surface area contributed by atoms with Gasteiger partial charge in [-0.1, -0.05) is 24.3 Å². The smallest absolute Gasteiger partial charge is 0.251 e. The van der Waals surface area contributed by atoms with Crippen molar-refractivity contribution in [3.8, 4) is 0 Å². The van der Waals surface area contributed by atoms with Crippen LogP contribution in [0.2, 0.25) is 0 Å². The highest BCUT2D eigenvalue weighted by atomic mass is 32.2. The number of sulfone groups is 1. The van der Waals surface area contributed by atoms with Gasteiger partial charge >= 0.3 is 0 Å². The van der Waals surface area contributed by atoms with Crippen molar-refractivity contribution in [2.24, 2.45) is 0 Å². The van der Waals surface area contributed by atoms with Crippen LogP contribution in [0.25, 0.3) is 0 Å². The summed E-state index contributed by atoms with van der Waals surface area (Å²) in [4.78, 5) is 12.3. The Hall–Kier alpha value is -2.14. The summed E-state index contributed by atoms with van der Waals surface area (Å²) in [6, 6.07) is 14.2. The number of carbonyl (C=O) groups excluding carboxylic acids is 1. The zero-order valence-electron chi connectivity index (χ0n) is 11.9. The highest BCUT2D eigenvalue weighted by molar-refractivity contribution is 7.91. The maximum Gasteiger partial charge on any atom is 0.251 e. The summed E-state index contributed by atoms with van der Waals surface area (Å²) in [6.07, 6.45) is 0. The van der Waals surface area contributed by atoms with Crippen LogP contribution in [-0.2, 0) is 9.84 Å². The van der Waals surface area contributed by atoms with Crippen molar-refractivity contribution in [1.82, 2.24) is 5.32 Å². The van der Waals surface area contributed by atoms with Crippen molar-refractivity contribution in [2.75, 3.05) is 0 Å². The van der Waals surface area contributed by atoms with E-state index in [2.05, 4.69) is 5.32 Å². The molecule has 0 fully saturated rings. The van der Waals surface area contributed by atoms with Crippen LogP contribution in [0.5, 0.6) is 0 Å². The number of nitrogens with one attached hydrogen (secondary N) is 1. The second-order valence-electron chi connectivity index (χ2n) is 4.97. The van der Waals surface area contributed by atoms with Gasteiger partial charge in [0.05, 0.1) is 9.79 Å². The first-order valence-electron chi connectivity index (χ1n) is 6.62. The molecule has 0 aliphatic carbocycles. The third kappa shape index (κ3) is 3.49. The predicted octanol–water partition coefficient (Wildman–Crippen LogP) is 2.66. The van der Waals surface area contributed by atoms with Crippen LogP contribution in [0.4, 0.5) is 0 Å². The summed E-state index contributed by atoms with van der Waals surface area (Å²) in [6.45, 7) is 3.70. The molecular formula is C16H17NO3S. The Labute approximate surface area is 124 Å². The molecule has 1 N–H and O–H groups in total. The van der Waals surface area contributed by atoms with E-state index in [1.807, 2.05) is 13.8 Å². The first-order valence-corrected chi connectivity index (χ1v) is 8.10. The Morgan fingerprint density at radius 3 is 2.19 bits per heavy atom. The van der Waals surface area contributed by atoms with Gasteiger partial charge in [-0.05, 0) is 44.2 Å². The monoisotopic (exact) mass is 303 g/mol. The highest BCUT2D eigenvalue weighted by Crippen LogP contribution is 2.21. The van der Waals surface area contributed by atoms with E-state index in [-0.39, 0.29) is 21.7 Å². The van der Waals surface area contributed by atoms with Gasteiger partial charge in [0.25, 0.3) is 5.91 Å². The van der Waals surface area contributed by atoms with Crippen LogP contribution in [0.15, 0.2) is 64.4 Å². The van der Waals surface area contributed by atoms with E-state index in [0.717, 1.165) is 0 Å². The van der Waals surface area contributed by atoms with Gasteiger partial charge in [0.1, 0.15) is 0 Å². The minimum Gasteiger partial charge on any atom is -0.350 e. The molecule has 0 aliphatic rings. The van der Waals surface area contributed by atoms with Crippen molar-refractivity contribution in [3.63, 3.8) is 0 Å². The molecule has 0 unspecified atom stereocenters. The van der Waals surface area contributed by atoms with E-state index < -0.39 is 9.84 Å². The third-order valence-electron chi connectivity index (χ3n) is 2.88. The Balaban J connectivity index is 2.40. The molecular weight excluding hydrogens is 286 g/mol. The number of carbonyl (C=O) groups is 1. The molecule has 5 heteroatoms. The van der Waals surface area contributed by atoms with Crippen molar-refractivity contribution in [3.05, 3.63) is 60.2 Å². The van der Waals surface area contributed by atoms with Crippen molar-refractivity contribution >= 4 is 15.7 Å². The quantitative estimate of drug-likeness (QED) is 0.944. The molecule has 0 saturated carbocycles. The van der Waals surface area contributed by atoms with E-state index in [9.17, 15) is 13.2 Å². The minimum absolute atomic E-state index is 0.00751. The molecule has 110 valence electrons. The van der Waals surface area contributed by atoms with Gasteiger partial charge < -0.3 is 5.32 Å². The maximum absolute atomic E-state index is 12.5. The molecule has 1 amide bonds. The fraction of sp³-hybridized carbons (Fsp3) is 0.188. The van der Waals surface area contributed by atoms with Gasteiger partial charge in [0.15, 0.2) is 0 Å². The van der Waals surface area contributed by atoms with Crippen LogP contribution < -0.4 is 5.32 Å². The standard InChI is InChI=1S/C16H17NO3S/c1-12(2)17-16(18)13-7-6-10-15(11-13)21(19,20)14-8-4-3-5-9-14/h3-12H,1-2H3,(H,17,18). The molecule has 0 bridgehead atoms. The van der Waals surface area contributed by atoms with E-state index >= 15 is 0 Å². The van der Waals surface area contributed by atoms with Crippen molar-refractivity contribution < 1.29 is 13.2 Å². The average Bonchev–Trinajstić information content (AvgIpc) is 2.47. The van der Waals surface area contributed by atoms with Gasteiger partial charge in [-0.3, -0.25) is 4.79 Å². The Morgan fingerprint density at radius 2 is 1.57 bits per heavy atom. The van der Waals surface area contributed by atoms with Gasteiger partial charge in [-0.15, -0.1) is 0 Å². The fourth-order valence-corrected chi connectivity index (χ4v) is 3.21. The lowest BCUT2D eigenvalue weighted by molar-refractivity contribution is 0.0943. The maximum atomic E-state index is 12.5. The normalized spacial score (nSPS) is 11.4. The molecule has 0 radical (unpaired) electrons. The first kappa shape index (κ1) is 15.3. The third-order valence-corrected chi connectivity index (χ3v) is 4.65. The Bertz CT molecular complexity index is 737. The summed E-state index contributed by atoms with van der Waals surface area (Å²) in [5, 5.41) is 2.74. The summed E-state index contributed by atoms with van der Waals surface area (Å²) < 4.78 is 25.0. The van der Waals surface area contributed by atoms with E-state index in [1.165, 1.54) is 24.3 Å². The van der Waals surface area contributed by atoms with Crippen LogP contribution >= 0.6 is 0 Å². The lowest BCUT2D eigenvalue weighted by Gasteiger charge is -2.10. The Morgan fingerprint density at radius 1 is 0.952 bits per heavy atom. The fourth-order valence-electron chi connectivity index (χ4n) is 1.89. The molecule has 2 aromatic rings. The van der Waals surface area contributed by atoms with Gasteiger partial charge in [-0.25, -0.2) is 8.42 Å². The first-order chi connectivity index (χ1) is 9.91. The molecule has 0 saturated heterocycles. The van der Waals surface area contributed by atoms with Gasteiger partial charge in [0, 0.05) is 11.6 Å². The lowest BCUT2D eigenvalue weighted by atomic mass is 10.2. The molecule has 0 aliphatic heterocycles. The molecule has 2 rings (SSSR count). The molecule has 2 aromatic carbocycles. The van der Waals surface area contributed by atoms with E-state index in [0.29, 0.717) is 5.56 Å². The second-order valence-corrected chi connectivity index (χ2v) is 6.92. The predicted molar refractivity (Wildman–Crippen MR) is 80.9 cm³/mol. The van der Waals surface area contributed by atoms with E-state index in [1.54, 1.807) is 30.3 Å². The molecule has 0 heterocycles. The Kier molecular flexibility index (Phi) is 4.43. The molecule has 4 nitrogen and oxygen atoms in total. The summed E-state index contributed by atoms with van der Waals surface area (Å²) in [7, 11) is -3.60. The molecule has 0 spiro atoms. The minimum atomic E-state index is -3.60. The van der Waals surface area contributed by atoms with Crippen LogP contribution in [-0.4, -0.2) is 20.4 Å². The molecule has 0 aromatic heterocycles. The number of hydrogen-bond donors (Lipinski definition) is 1. The van der Waals surface area contributed by atoms with Gasteiger partial charge in [0.2, 0.25) is 9.84 Å². The van der Waals surface area contributed by atoms with Crippen LogP contribution in [0, 0.1) is 0 Å². The summed E-state index contributed by atoms with van der Waals surface area (Å²) in [5.74, 6) is -0.282. The largest absolute Gasteiger partial charge is 0.350 e. The molecule has 21 heavy (non-hydrogen) atoms. The topological polar surface area (TPSA) is 63.2 Å². The second kappa shape index (κ2) is 6.10. The lowest BCUT2D eigenvalue weighted by Crippen LogP contribution is -2.30. The zero-order valence-corrected chi connectivity index (χ0v) is 12.7. The number of amides is 1. The zero-order chi connectivity index (χ0) is 15.5. The van der Waals surface area contributed by atoms with Crippen molar-refractivity contribution in [1.29, 1.82) is 0 Å². The summed E-state index contributed by atoms with van der Waals surface area (Å²) in [5.41, 5.74) is 0.334. The number of rotatable bonds is 4. The SMILES string of the molecule is CC(C)NC(=O)c1cccc(S(=O)(=O)c2ccccc2)c1. The summed E-state index contributed by atoms with van der Waals surface area (Å²) >= 11 is 0. The van der Waals surface area contributed by atoms with Gasteiger partial charge in [-0.2, -0.15) is 0 Å². The van der Waals surface area contributed by atoms with Crippen molar-refractivity contribution in [2.45, 2.75) is 29.7 Å². The number of hydrogen-bond acceptors (Lipinski definition) is 3.